The third kappa shape index (κ3) is 5.39. The van der Waals surface area contributed by atoms with Gasteiger partial charge < -0.3 is 14.3 Å². The fraction of sp³-hybridized carbons (Fsp3) is 0.250. The Labute approximate surface area is 206 Å². The fourth-order valence-corrected chi connectivity index (χ4v) is 3.97. The van der Waals surface area contributed by atoms with Crippen LogP contribution in [0.25, 0.3) is 11.0 Å². The van der Waals surface area contributed by atoms with Crippen LogP contribution in [0, 0.1) is 0 Å². The average Bonchev–Trinajstić information content (AvgIpc) is 2.87. The molecule has 0 amide bonds. The van der Waals surface area contributed by atoms with Gasteiger partial charge in [-0.2, -0.15) is 13.2 Å². The van der Waals surface area contributed by atoms with Crippen LogP contribution in [0.5, 0.6) is 17.2 Å². The Morgan fingerprint density at radius 1 is 0.917 bits per heavy atom. The van der Waals surface area contributed by atoms with E-state index in [-0.39, 0.29) is 34.6 Å². The van der Waals surface area contributed by atoms with Crippen LogP contribution >= 0.6 is 0 Å². The average molecular weight is 498 g/mol. The minimum Gasteiger partial charge on any atom is -0.507 e. The number of benzene rings is 3. The zero-order chi connectivity index (χ0) is 25.9. The van der Waals surface area contributed by atoms with Crippen molar-refractivity contribution in [3.63, 3.8) is 0 Å². The maximum absolute atomic E-state index is 14.0. The van der Waals surface area contributed by atoms with Crippen LogP contribution in [-0.2, 0) is 25.7 Å². The highest BCUT2D eigenvalue weighted by molar-refractivity contribution is 5.83. The minimum atomic E-state index is -5.00. The number of phenolic OH excluding ortho intramolecular Hbond substituents is 1. The standard InChI is InChI=1S/C28H26F3NO4/c1-3-18-10-12-20(13-11-18)35-26-24(34)21-14-15-23(33)22(25(21)36-27(26)28(29,30)31)17-32(4-2)16-19-8-6-5-7-9-19/h5-15,33H,3-4,16-17H2,1-2H3. The third-order valence-electron chi connectivity index (χ3n) is 5.98. The molecule has 0 spiro atoms. The van der Waals surface area contributed by atoms with E-state index in [4.69, 9.17) is 9.15 Å². The van der Waals surface area contributed by atoms with Gasteiger partial charge in [0.2, 0.25) is 11.2 Å². The van der Waals surface area contributed by atoms with E-state index < -0.39 is 23.1 Å². The van der Waals surface area contributed by atoms with Gasteiger partial charge in [0, 0.05) is 13.1 Å². The normalized spacial score (nSPS) is 11.8. The Bertz CT molecular complexity index is 1400. The fourth-order valence-electron chi connectivity index (χ4n) is 3.97. The summed E-state index contributed by atoms with van der Waals surface area (Å²) < 4.78 is 52.9. The van der Waals surface area contributed by atoms with Gasteiger partial charge in [-0.15, -0.1) is 0 Å². The first-order valence-corrected chi connectivity index (χ1v) is 11.6. The molecule has 1 aromatic heterocycles. The molecule has 0 aliphatic rings. The Balaban J connectivity index is 1.80. The van der Waals surface area contributed by atoms with Crippen LogP contribution in [0.4, 0.5) is 13.2 Å². The van der Waals surface area contributed by atoms with Crippen molar-refractivity contribution in [2.24, 2.45) is 0 Å². The van der Waals surface area contributed by atoms with Crippen LogP contribution in [0.3, 0.4) is 0 Å². The van der Waals surface area contributed by atoms with E-state index >= 15 is 0 Å². The molecule has 8 heteroatoms. The molecule has 0 atom stereocenters. The van der Waals surface area contributed by atoms with Gasteiger partial charge in [-0.25, -0.2) is 0 Å². The number of phenols is 1. The van der Waals surface area contributed by atoms with Gasteiger partial charge in [0.1, 0.15) is 17.1 Å². The van der Waals surface area contributed by atoms with Crippen molar-refractivity contribution in [3.05, 3.63) is 99.4 Å². The molecule has 0 fully saturated rings. The van der Waals surface area contributed by atoms with Gasteiger partial charge in [0.05, 0.1) is 10.9 Å². The van der Waals surface area contributed by atoms with Crippen molar-refractivity contribution < 1.29 is 27.4 Å². The van der Waals surface area contributed by atoms with E-state index in [1.54, 1.807) is 12.1 Å². The molecule has 1 N–H and O–H groups in total. The second-order valence-corrected chi connectivity index (χ2v) is 8.42. The first-order valence-electron chi connectivity index (χ1n) is 11.6. The lowest BCUT2D eigenvalue weighted by molar-refractivity contribution is -0.154. The van der Waals surface area contributed by atoms with Gasteiger partial charge in [-0.3, -0.25) is 9.69 Å². The smallest absolute Gasteiger partial charge is 0.453 e. The quantitative estimate of drug-likeness (QED) is 0.287. The molecule has 0 unspecified atom stereocenters. The molecule has 5 nitrogen and oxygen atoms in total. The Morgan fingerprint density at radius 3 is 2.22 bits per heavy atom. The zero-order valence-corrected chi connectivity index (χ0v) is 19.9. The van der Waals surface area contributed by atoms with Crippen molar-refractivity contribution in [2.45, 2.75) is 39.5 Å². The Morgan fingerprint density at radius 2 is 1.61 bits per heavy atom. The van der Waals surface area contributed by atoms with Crippen molar-refractivity contribution in [2.75, 3.05) is 6.54 Å². The van der Waals surface area contributed by atoms with Crippen molar-refractivity contribution in [1.29, 1.82) is 0 Å². The number of hydrogen-bond donors (Lipinski definition) is 1. The number of rotatable bonds is 8. The molecule has 0 aliphatic heterocycles. The molecule has 0 bridgehead atoms. The summed E-state index contributed by atoms with van der Waals surface area (Å²) in [5.74, 6) is -2.65. The number of aryl methyl sites for hydroxylation is 1. The first kappa shape index (κ1) is 25.3. The van der Waals surface area contributed by atoms with E-state index in [9.17, 15) is 23.1 Å². The van der Waals surface area contributed by atoms with E-state index in [1.807, 2.05) is 49.1 Å². The van der Waals surface area contributed by atoms with Crippen molar-refractivity contribution in [1.82, 2.24) is 4.90 Å². The number of aromatic hydroxyl groups is 1. The number of ether oxygens (including phenoxy) is 1. The molecule has 188 valence electrons. The highest BCUT2D eigenvalue weighted by atomic mass is 19.4. The molecule has 0 saturated heterocycles. The molecule has 0 saturated carbocycles. The van der Waals surface area contributed by atoms with Gasteiger partial charge in [0.25, 0.3) is 5.76 Å². The van der Waals surface area contributed by atoms with Crippen LogP contribution in [0.2, 0.25) is 0 Å². The topological polar surface area (TPSA) is 62.9 Å². The SMILES string of the molecule is CCc1ccc(Oc2c(C(F)(F)F)oc3c(CN(CC)Cc4ccccc4)c(O)ccc3c2=O)cc1. The Hall–Kier alpha value is -3.78. The molecule has 36 heavy (non-hydrogen) atoms. The summed E-state index contributed by atoms with van der Waals surface area (Å²) in [4.78, 5) is 15.2. The molecule has 1 heterocycles. The van der Waals surface area contributed by atoms with Crippen LogP contribution < -0.4 is 10.2 Å². The predicted octanol–water partition coefficient (Wildman–Crippen LogP) is 6.89. The van der Waals surface area contributed by atoms with Crippen LogP contribution in [0.1, 0.15) is 36.3 Å². The molecular formula is C28H26F3NO4. The highest BCUT2D eigenvalue weighted by Gasteiger charge is 2.41. The third-order valence-corrected chi connectivity index (χ3v) is 5.98. The summed E-state index contributed by atoms with van der Waals surface area (Å²) in [7, 11) is 0. The number of alkyl halides is 3. The molecule has 4 rings (SSSR count). The van der Waals surface area contributed by atoms with Crippen LogP contribution in [0.15, 0.2) is 75.9 Å². The summed E-state index contributed by atoms with van der Waals surface area (Å²) in [5, 5.41) is 10.5. The summed E-state index contributed by atoms with van der Waals surface area (Å²) >= 11 is 0. The van der Waals surface area contributed by atoms with Gasteiger partial charge in [0.15, 0.2) is 0 Å². The second kappa shape index (κ2) is 10.5. The molecule has 0 radical (unpaired) electrons. The molecule has 0 aliphatic carbocycles. The van der Waals surface area contributed by atoms with E-state index in [0.29, 0.717) is 13.1 Å². The van der Waals surface area contributed by atoms with Gasteiger partial charge in [-0.1, -0.05) is 56.3 Å². The Kier molecular flexibility index (Phi) is 7.35. The predicted molar refractivity (Wildman–Crippen MR) is 131 cm³/mol. The van der Waals surface area contributed by atoms with Gasteiger partial charge >= 0.3 is 6.18 Å². The highest BCUT2D eigenvalue weighted by Crippen LogP contribution is 2.40. The largest absolute Gasteiger partial charge is 0.507 e. The minimum absolute atomic E-state index is 0.0769. The zero-order valence-electron chi connectivity index (χ0n) is 19.9. The molecular weight excluding hydrogens is 471 g/mol. The lowest BCUT2D eigenvalue weighted by atomic mass is 10.1. The van der Waals surface area contributed by atoms with E-state index in [2.05, 4.69) is 0 Å². The van der Waals surface area contributed by atoms with Crippen molar-refractivity contribution in [3.8, 4) is 17.2 Å². The first-order chi connectivity index (χ1) is 17.2. The monoisotopic (exact) mass is 497 g/mol. The maximum atomic E-state index is 14.0. The van der Waals surface area contributed by atoms with E-state index in [0.717, 1.165) is 17.5 Å². The summed E-state index contributed by atoms with van der Waals surface area (Å²) in [6, 6.07) is 18.5. The number of nitrogens with zero attached hydrogens (tertiary/aromatic N) is 1. The lowest BCUT2D eigenvalue weighted by Crippen LogP contribution is -2.23. The maximum Gasteiger partial charge on any atom is 0.453 e. The number of fused-ring (bicyclic) bond motifs is 1. The molecule has 3 aromatic carbocycles. The number of halogens is 3. The van der Waals surface area contributed by atoms with Crippen molar-refractivity contribution >= 4 is 11.0 Å². The lowest BCUT2D eigenvalue weighted by Gasteiger charge is -2.22. The van der Waals surface area contributed by atoms with E-state index in [1.165, 1.54) is 24.3 Å². The second-order valence-electron chi connectivity index (χ2n) is 8.42. The summed E-state index contributed by atoms with van der Waals surface area (Å²) in [6.45, 7) is 4.97. The summed E-state index contributed by atoms with van der Waals surface area (Å²) in [6.07, 6.45) is -4.25. The van der Waals surface area contributed by atoms with Crippen LogP contribution in [-0.4, -0.2) is 16.6 Å². The number of hydrogen-bond acceptors (Lipinski definition) is 5. The summed E-state index contributed by atoms with van der Waals surface area (Å²) in [5.41, 5.74) is 0.802. The molecule has 4 aromatic rings. The van der Waals surface area contributed by atoms with Gasteiger partial charge in [-0.05, 0) is 48.4 Å².